The highest BCUT2D eigenvalue weighted by molar-refractivity contribution is 6.35. The average Bonchev–Trinajstić information content (AvgIpc) is 2.95. The van der Waals surface area contributed by atoms with Crippen LogP contribution in [0.5, 0.6) is 0 Å². The minimum Gasteiger partial charge on any atom is -0.319 e. The lowest BCUT2D eigenvalue weighted by Gasteiger charge is -2.30. The Morgan fingerprint density at radius 1 is 1.21 bits per heavy atom. The van der Waals surface area contributed by atoms with Gasteiger partial charge in [-0.2, -0.15) is 5.11 Å². The van der Waals surface area contributed by atoms with Crippen molar-refractivity contribution in [1.29, 1.82) is 0 Å². The van der Waals surface area contributed by atoms with E-state index in [9.17, 15) is 4.79 Å². The minimum absolute atomic E-state index is 0.149. The molecule has 0 aromatic heterocycles. The summed E-state index contributed by atoms with van der Waals surface area (Å²) in [6.07, 6.45) is 1.32. The highest BCUT2D eigenvalue weighted by atomic mass is 35.5. The molecule has 1 aromatic carbocycles. The fourth-order valence-electron chi connectivity index (χ4n) is 2.42. The van der Waals surface area contributed by atoms with Gasteiger partial charge in [-0.15, -0.1) is 0 Å². The number of carbonyl (C=O) groups excluding carboxylic acids is 1. The Morgan fingerprint density at radius 2 is 1.95 bits per heavy atom. The maximum absolute atomic E-state index is 11.8. The monoisotopic (exact) mass is 298 g/mol. The number of anilines is 1. The van der Waals surface area contributed by atoms with Crippen LogP contribution < -0.4 is 5.01 Å². The molecule has 2 aliphatic rings. The zero-order chi connectivity index (χ0) is 13.4. The third-order valence-corrected chi connectivity index (χ3v) is 3.70. The van der Waals surface area contributed by atoms with Gasteiger partial charge < -0.3 is 4.90 Å². The molecule has 2 aliphatic heterocycles. The fourth-order valence-corrected chi connectivity index (χ4v) is 2.94. The van der Waals surface area contributed by atoms with Gasteiger partial charge in [-0.1, -0.05) is 28.4 Å². The quantitative estimate of drug-likeness (QED) is 0.842. The van der Waals surface area contributed by atoms with E-state index in [0.29, 0.717) is 23.0 Å². The van der Waals surface area contributed by atoms with E-state index >= 15 is 0 Å². The van der Waals surface area contributed by atoms with Crippen LogP contribution in [0.1, 0.15) is 12.8 Å². The highest BCUT2D eigenvalue weighted by Gasteiger charge is 2.35. The Bertz CT molecular complexity index is 528. The van der Waals surface area contributed by atoms with Gasteiger partial charge in [0.2, 0.25) is 5.91 Å². The number of amides is 1. The molecule has 0 spiro atoms. The van der Waals surface area contributed by atoms with Gasteiger partial charge in [0.15, 0.2) is 0 Å². The summed E-state index contributed by atoms with van der Waals surface area (Å²) in [7, 11) is 0. The number of carbonyl (C=O) groups is 1. The van der Waals surface area contributed by atoms with Crippen molar-refractivity contribution in [2.45, 2.75) is 19.0 Å². The van der Waals surface area contributed by atoms with E-state index in [-0.39, 0.29) is 12.1 Å². The Kier molecular flexibility index (Phi) is 3.33. The lowest BCUT2D eigenvalue weighted by atomic mass is 10.3. The van der Waals surface area contributed by atoms with Crippen molar-refractivity contribution in [3.05, 3.63) is 28.2 Å². The van der Waals surface area contributed by atoms with Crippen LogP contribution in [-0.2, 0) is 4.79 Å². The van der Waals surface area contributed by atoms with Crippen LogP contribution in [0, 0.1) is 0 Å². The summed E-state index contributed by atoms with van der Waals surface area (Å²) in [6.45, 7) is 1.23. The first-order valence-corrected chi connectivity index (χ1v) is 6.83. The largest absolute Gasteiger partial charge is 0.319 e. The molecule has 2 heterocycles. The summed E-state index contributed by atoms with van der Waals surface area (Å²) in [5, 5.41) is 10.9. The van der Waals surface area contributed by atoms with Gasteiger partial charge in [0.05, 0.1) is 5.69 Å². The molecule has 1 unspecified atom stereocenters. The molecular weight excluding hydrogens is 287 g/mol. The van der Waals surface area contributed by atoms with Gasteiger partial charge in [-0.25, -0.2) is 5.01 Å². The maximum atomic E-state index is 11.8. The third kappa shape index (κ3) is 2.40. The Balaban J connectivity index is 1.90. The summed E-state index contributed by atoms with van der Waals surface area (Å²) in [5.41, 5.74) is 0.753. The fraction of sp³-hybridized carbons (Fsp3) is 0.417. The molecule has 0 aliphatic carbocycles. The summed E-state index contributed by atoms with van der Waals surface area (Å²) in [6, 6.07) is 5.20. The molecule has 3 rings (SSSR count). The molecule has 100 valence electrons. The number of nitrogens with zero attached hydrogens (tertiary/aromatic N) is 4. The molecule has 7 heteroatoms. The third-order valence-electron chi connectivity index (χ3n) is 3.27. The summed E-state index contributed by atoms with van der Waals surface area (Å²) in [4.78, 5) is 13.7. The number of likely N-dealkylation sites (tertiary alicyclic amines) is 1. The van der Waals surface area contributed by atoms with E-state index in [1.165, 1.54) is 0 Å². The number of hydrogen-bond acceptors (Lipinski definition) is 4. The molecular formula is C12H12Cl2N4O. The van der Waals surface area contributed by atoms with Crippen LogP contribution in [0.3, 0.4) is 0 Å². The normalized spacial score (nSPS) is 22.6. The van der Waals surface area contributed by atoms with Crippen molar-refractivity contribution >= 4 is 34.8 Å². The van der Waals surface area contributed by atoms with Crippen molar-refractivity contribution in [3.8, 4) is 0 Å². The van der Waals surface area contributed by atoms with Gasteiger partial charge in [-0.3, -0.25) is 4.79 Å². The predicted octanol–water partition coefficient (Wildman–Crippen LogP) is 3.13. The van der Waals surface area contributed by atoms with Gasteiger partial charge >= 0.3 is 0 Å². The SMILES string of the molecule is O=C1CCCN1C1CN=NN1c1cc(Cl)cc(Cl)c1. The highest BCUT2D eigenvalue weighted by Crippen LogP contribution is 2.31. The lowest BCUT2D eigenvalue weighted by molar-refractivity contribution is -0.129. The Labute approximate surface area is 120 Å². The van der Waals surface area contributed by atoms with E-state index in [2.05, 4.69) is 10.3 Å². The molecule has 1 amide bonds. The van der Waals surface area contributed by atoms with Crippen LogP contribution >= 0.6 is 23.2 Å². The first-order chi connectivity index (χ1) is 9.15. The maximum Gasteiger partial charge on any atom is 0.224 e. The van der Waals surface area contributed by atoms with Crippen molar-refractivity contribution in [1.82, 2.24) is 4.90 Å². The number of benzene rings is 1. The van der Waals surface area contributed by atoms with Crippen molar-refractivity contribution < 1.29 is 4.79 Å². The summed E-state index contributed by atoms with van der Waals surface area (Å²) < 4.78 is 0. The molecule has 1 saturated heterocycles. The van der Waals surface area contributed by atoms with Gasteiger partial charge in [0.1, 0.15) is 12.7 Å². The van der Waals surface area contributed by atoms with E-state index in [4.69, 9.17) is 23.2 Å². The Morgan fingerprint density at radius 3 is 2.58 bits per heavy atom. The smallest absolute Gasteiger partial charge is 0.224 e. The minimum atomic E-state index is -0.162. The second kappa shape index (κ2) is 4.98. The second-order valence-electron chi connectivity index (χ2n) is 4.56. The Hall–Kier alpha value is -1.33. The second-order valence-corrected chi connectivity index (χ2v) is 5.43. The van der Waals surface area contributed by atoms with Crippen LogP contribution in [0.4, 0.5) is 5.69 Å². The molecule has 0 N–H and O–H groups in total. The molecule has 5 nitrogen and oxygen atoms in total. The van der Waals surface area contributed by atoms with Crippen molar-refractivity contribution in [2.75, 3.05) is 18.1 Å². The molecule has 0 saturated carbocycles. The number of hydrogen-bond donors (Lipinski definition) is 0. The topological polar surface area (TPSA) is 48.3 Å². The van der Waals surface area contributed by atoms with Crippen molar-refractivity contribution in [2.24, 2.45) is 10.3 Å². The molecule has 0 bridgehead atoms. The van der Waals surface area contributed by atoms with E-state index in [0.717, 1.165) is 18.7 Å². The molecule has 0 radical (unpaired) electrons. The van der Waals surface area contributed by atoms with Gasteiger partial charge in [0.25, 0.3) is 0 Å². The number of rotatable bonds is 2. The molecule has 1 fully saturated rings. The van der Waals surface area contributed by atoms with Gasteiger partial charge in [-0.05, 0) is 24.6 Å². The first-order valence-electron chi connectivity index (χ1n) is 6.07. The van der Waals surface area contributed by atoms with Crippen LogP contribution in [0.15, 0.2) is 28.5 Å². The lowest BCUT2D eigenvalue weighted by Crippen LogP contribution is -2.46. The summed E-state index contributed by atoms with van der Waals surface area (Å²) >= 11 is 12.0. The average molecular weight is 299 g/mol. The van der Waals surface area contributed by atoms with Gasteiger partial charge in [0, 0.05) is 23.0 Å². The molecule has 1 aromatic rings. The number of halogens is 2. The standard InChI is InChI=1S/C12H12Cl2N4O/c13-8-4-9(14)6-10(5-8)18-11(7-15-16-18)17-3-1-2-12(17)19/h4-6,11H,1-3,7H2. The van der Waals surface area contributed by atoms with E-state index in [1.54, 1.807) is 23.2 Å². The zero-order valence-electron chi connectivity index (χ0n) is 10.1. The molecule has 1 atom stereocenters. The van der Waals surface area contributed by atoms with Crippen LogP contribution in [-0.4, -0.2) is 30.1 Å². The van der Waals surface area contributed by atoms with Crippen LogP contribution in [0.25, 0.3) is 0 Å². The van der Waals surface area contributed by atoms with Crippen LogP contribution in [0.2, 0.25) is 10.0 Å². The zero-order valence-corrected chi connectivity index (χ0v) is 11.6. The molecule has 19 heavy (non-hydrogen) atoms. The predicted molar refractivity (Wildman–Crippen MR) is 73.4 cm³/mol. The summed E-state index contributed by atoms with van der Waals surface area (Å²) in [5.74, 6) is 0.149. The van der Waals surface area contributed by atoms with E-state index < -0.39 is 0 Å². The van der Waals surface area contributed by atoms with E-state index in [1.807, 2.05) is 4.90 Å². The van der Waals surface area contributed by atoms with Crippen molar-refractivity contribution in [3.63, 3.8) is 0 Å². The first kappa shape index (κ1) is 12.7.